The molecule has 0 aliphatic rings. The molecule has 0 spiro atoms. The van der Waals surface area contributed by atoms with E-state index >= 15 is 0 Å². The smallest absolute Gasteiger partial charge is 0.337 e. The van der Waals surface area contributed by atoms with E-state index in [9.17, 15) is 14.3 Å². The van der Waals surface area contributed by atoms with Crippen molar-refractivity contribution in [2.45, 2.75) is 0 Å². The van der Waals surface area contributed by atoms with Crippen molar-refractivity contribution in [2.75, 3.05) is 0 Å². The van der Waals surface area contributed by atoms with Crippen LogP contribution in [0.3, 0.4) is 0 Å². The largest absolute Gasteiger partial charge is 0.478 e. The van der Waals surface area contributed by atoms with Gasteiger partial charge in [-0.15, -0.1) is 5.10 Å². The van der Waals surface area contributed by atoms with Gasteiger partial charge in [-0.2, -0.15) is 0 Å². The Morgan fingerprint density at radius 3 is 2.70 bits per heavy atom. The second kappa shape index (κ2) is 4.68. The Labute approximate surface area is 120 Å². The Bertz CT molecular complexity index is 811. The molecule has 5 nitrogen and oxygen atoms in total. The summed E-state index contributed by atoms with van der Waals surface area (Å²) in [4.78, 5) is 11.3. The number of aromatic carboxylic acids is 1. The van der Waals surface area contributed by atoms with E-state index < -0.39 is 11.8 Å². The summed E-state index contributed by atoms with van der Waals surface area (Å²) in [6, 6.07) is 9.09. The van der Waals surface area contributed by atoms with Crippen LogP contribution in [-0.4, -0.2) is 26.1 Å². The fraction of sp³-hybridized carbons (Fsp3) is 0. The van der Waals surface area contributed by atoms with Gasteiger partial charge in [0.1, 0.15) is 22.5 Å². The van der Waals surface area contributed by atoms with Gasteiger partial charge in [0.05, 0.1) is 5.56 Å². The molecule has 100 valence electrons. The number of hydrogen-bond acceptors (Lipinski definition) is 3. The number of carboxylic acid groups (broad SMARTS) is 1. The normalized spacial score (nSPS) is 10.9. The van der Waals surface area contributed by atoms with Gasteiger partial charge in [0, 0.05) is 4.47 Å². The Balaban J connectivity index is 2.41. The number of fused-ring (bicyclic) bond motifs is 1. The molecular weight excluding hydrogens is 329 g/mol. The van der Waals surface area contributed by atoms with Crippen molar-refractivity contribution in [3.05, 3.63) is 52.3 Å². The molecule has 20 heavy (non-hydrogen) atoms. The van der Waals surface area contributed by atoms with Crippen molar-refractivity contribution in [1.82, 2.24) is 15.0 Å². The van der Waals surface area contributed by atoms with Crippen molar-refractivity contribution < 1.29 is 14.3 Å². The van der Waals surface area contributed by atoms with Crippen molar-refractivity contribution >= 4 is 32.9 Å². The number of benzene rings is 2. The van der Waals surface area contributed by atoms with Crippen LogP contribution in [0.25, 0.3) is 16.7 Å². The Morgan fingerprint density at radius 1 is 1.25 bits per heavy atom. The van der Waals surface area contributed by atoms with Gasteiger partial charge in [-0.3, -0.25) is 0 Å². The summed E-state index contributed by atoms with van der Waals surface area (Å²) in [7, 11) is 0. The van der Waals surface area contributed by atoms with E-state index in [-0.39, 0.29) is 16.8 Å². The van der Waals surface area contributed by atoms with E-state index in [1.165, 1.54) is 16.8 Å². The summed E-state index contributed by atoms with van der Waals surface area (Å²) in [5, 5.41) is 17.0. The third-order valence-electron chi connectivity index (χ3n) is 2.85. The first-order chi connectivity index (χ1) is 9.59. The molecule has 0 atom stereocenters. The molecule has 3 aromatic rings. The predicted octanol–water partition coefficient (Wildman–Crippen LogP) is 3.02. The van der Waals surface area contributed by atoms with Gasteiger partial charge >= 0.3 is 5.97 Å². The number of carboxylic acids is 1. The summed E-state index contributed by atoms with van der Waals surface area (Å²) >= 11 is 3.24. The minimum Gasteiger partial charge on any atom is -0.478 e. The molecule has 0 radical (unpaired) electrons. The van der Waals surface area contributed by atoms with E-state index in [0.717, 1.165) is 0 Å². The standard InChI is InChI=1S/C13H7BrFN3O2/c14-8-4-2-5-9(15)12(8)18-11-7(13(19)20)3-1-6-10(11)16-17-18/h1-6H,(H,19,20). The average Bonchev–Trinajstić information content (AvgIpc) is 2.82. The zero-order valence-electron chi connectivity index (χ0n) is 9.92. The maximum absolute atomic E-state index is 14.0. The topological polar surface area (TPSA) is 68.0 Å². The lowest BCUT2D eigenvalue weighted by molar-refractivity contribution is 0.0698. The second-order valence-corrected chi connectivity index (χ2v) is 4.90. The van der Waals surface area contributed by atoms with E-state index in [2.05, 4.69) is 26.2 Å². The highest BCUT2D eigenvalue weighted by Gasteiger charge is 2.19. The molecule has 0 amide bonds. The first-order valence-electron chi connectivity index (χ1n) is 5.61. The van der Waals surface area contributed by atoms with Crippen molar-refractivity contribution in [3.63, 3.8) is 0 Å². The van der Waals surface area contributed by atoms with E-state index in [4.69, 9.17) is 0 Å². The molecule has 7 heteroatoms. The molecule has 3 rings (SSSR count). The van der Waals surface area contributed by atoms with Crippen molar-refractivity contribution in [1.29, 1.82) is 0 Å². The number of hydrogen-bond donors (Lipinski definition) is 1. The monoisotopic (exact) mass is 335 g/mol. The molecule has 1 aromatic heterocycles. The van der Waals surface area contributed by atoms with E-state index in [1.54, 1.807) is 24.3 Å². The predicted molar refractivity (Wildman–Crippen MR) is 73.5 cm³/mol. The third-order valence-corrected chi connectivity index (χ3v) is 3.49. The van der Waals surface area contributed by atoms with Crippen LogP contribution < -0.4 is 0 Å². The van der Waals surface area contributed by atoms with Crippen LogP contribution in [0.1, 0.15) is 10.4 Å². The fourth-order valence-electron chi connectivity index (χ4n) is 1.99. The highest BCUT2D eigenvalue weighted by Crippen LogP contribution is 2.27. The molecule has 0 fully saturated rings. The van der Waals surface area contributed by atoms with Crippen LogP contribution in [0.2, 0.25) is 0 Å². The molecule has 1 N–H and O–H groups in total. The second-order valence-electron chi connectivity index (χ2n) is 4.05. The van der Waals surface area contributed by atoms with Gasteiger partial charge in [0.15, 0.2) is 0 Å². The van der Waals surface area contributed by atoms with Gasteiger partial charge in [-0.25, -0.2) is 13.9 Å². The first kappa shape index (κ1) is 12.7. The van der Waals surface area contributed by atoms with Crippen LogP contribution in [0.5, 0.6) is 0 Å². The minimum atomic E-state index is -1.12. The lowest BCUT2D eigenvalue weighted by atomic mass is 10.2. The summed E-state index contributed by atoms with van der Waals surface area (Å²) < 4.78 is 15.7. The Morgan fingerprint density at radius 2 is 2.00 bits per heavy atom. The summed E-state index contributed by atoms with van der Waals surface area (Å²) in [6.45, 7) is 0. The van der Waals surface area contributed by atoms with Gasteiger partial charge in [0.2, 0.25) is 0 Å². The van der Waals surface area contributed by atoms with Gasteiger partial charge < -0.3 is 5.11 Å². The molecule has 2 aromatic carbocycles. The molecule has 0 bridgehead atoms. The first-order valence-corrected chi connectivity index (χ1v) is 6.41. The van der Waals surface area contributed by atoms with Crippen LogP contribution in [-0.2, 0) is 0 Å². The van der Waals surface area contributed by atoms with Crippen molar-refractivity contribution in [2.24, 2.45) is 0 Å². The van der Waals surface area contributed by atoms with E-state index in [1.807, 2.05) is 0 Å². The van der Waals surface area contributed by atoms with E-state index in [0.29, 0.717) is 9.99 Å². The van der Waals surface area contributed by atoms with Crippen LogP contribution in [0.4, 0.5) is 4.39 Å². The number of nitrogens with zero attached hydrogens (tertiary/aromatic N) is 3. The summed E-state index contributed by atoms with van der Waals surface area (Å²) in [5.74, 6) is -1.64. The van der Waals surface area contributed by atoms with Crippen LogP contribution >= 0.6 is 15.9 Å². The lowest BCUT2D eigenvalue weighted by Crippen LogP contribution is -2.05. The highest BCUT2D eigenvalue weighted by molar-refractivity contribution is 9.10. The van der Waals surface area contributed by atoms with Gasteiger partial charge in [0.25, 0.3) is 0 Å². The van der Waals surface area contributed by atoms with Gasteiger partial charge in [-0.05, 0) is 40.2 Å². The van der Waals surface area contributed by atoms with Crippen LogP contribution in [0.15, 0.2) is 40.9 Å². The molecule has 1 heterocycles. The summed E-state index contributed by atoms with van der Waals surface area (Å²) in [5.41, 5.74) is 0.789. The van der Waals surface area contributed by atoms with Crippen LogP contribution in [0, 0.1) is 5.82 Å². The highest BCUT2D eigenvalue weighted by atomic mass is 79.9. The fourth-order valence-corrected chi connectivity index (χ4v) is 2.50. The lowest BCUT2D eigenvalue weighted by Gasteiger charge is -2.07. The SMILES string of the molecule is O=C(O)c1cccc2nnn(-c3c(F)cccc3Br)c12. The third kappa shape index (κ3) is 1.87. The zero-order valence-corrected chi connectivity index (χ0v) is 11.5. The maximum Gasteiger partial charge on any atom is 0.337 e. The Hall–Kier alpha value is -2.28. The number of para-hydroxylation sites is 2. The van der Waals surface area contributed by atoms with Gasteiger partial charge in [-0.1, -0.05) is 17.3 Å². The maximum atomic E-state index is 14.0. The molecule has 0 aliphatic carbocycles. The quantitative estimate of drug-likeness (QED) is 0.781. The summed E-state index contributed by atoms with van der Waals surface area (Å²) in [6.07, 6.45) is 0. The molecule has 0 unspecified atom stereocenters. The molecular formula is C13H7BrFN3O2. The number of rotatable bonds is 2. The average molecular weight is 336 g/mol. The number of carbonyl (C=O) groups is 1. The Kier molecular flexibility index (Phi) is 2.98. The minimum absolute atomic E-state index is 0.0163. The molecule has 0 aliphatic heterocycles. The number of halogens is 2. The van der Waals surface area contributed by atoms with Crippen molar-refractivity contribution in [3.8, 4) is 5.69 Å². The molecule has 0 saturated heterocycles. The zero-order chi connectivity index (χ0) is 14.3. The molecule has 0 saturated carbocycles. The number of aromatic nitrogens is 3.